The molecule has 0 saturated carbocycles. The molecule has 0 spiro atoms. The van der Waals surface area contributed by atoms with Crippen molar-refractivity contribution in [1.82, 2.24) is 9.47 Å². The molecule has 0 bridgehead atoms. The molecule has 0 aliphatic carbocycles. The number of rotatable bonds is 1. The van der Waals surface area contributed by atoms with E-state index in [1.54, 1.807) is 46.8 Å². The van der Waals surface area contributed by atoms with Gasteiger partial charge in [-0.15, -0.1) is 0 Å². The van der Waals surface area contributed by atoms with Crippen LogP contribution in [0.3, 0.4) is 0 Å². The number of hydrogen-bond acceptors (Lipinski definition) is 3. The molecule has 2 aliphatic rings. The van der Waals surface area contributed by atoms with Gasteiger partial charge in [0, 0.05) is 0 Å². The summed E-state index contributed by atoms with van der Waals surface area (Å²) in [5, 5.41) is 3.61. The Morgan fingerprint density at radius 2 is 1.78 bits per heavy atom. The maximum atomic E-state index is 12.7. The van der Waals surface area contributed by atoms with Crippen molar-refractivity contribution in [2.75, 3.05) is 7.05 Å². The van der Waals surface area contributed by atoms with Gasteiger partial charge in [-0.3, -0.25) is 0 Å². The van der Waals surface area contributed by atoms with Gasteiger partial charge < -0.3 is 0 Å². The molecule has 6 rings (SSSR count). The van der Waals surface area contributed by atoms with E-state index in [9.17, 15) is 9.59 Å². The van der Waals surface area contributed by atoms with E-state index >= 15 is 0 Å². The summed E-state index contributed by atoms with van der Waals surface area (Å²) in [5.41, 5.74) is 4.77. The van der Waals surface area contributed by atoms with Crippen molar-refractivity contribution < 1.29 is 9.59 Å². The van der Waals surface area contributed by atoms with Gasteiger partial charge in [0.1, 0.15) is 0 Å². The van der Waals surface area contributed by atoms with Crippen LogP contribution in [0.15, 0.2) is 59.1 Å². The standard InChI is InChI=1S/C25H18N3O2STe/c1-25(2)17-9-6-8-15-14-7-4-5-10-19(14)28(20(15)17)23-18(25)12-13(31-23)11-16-21(29)26-24(32)27(3)22(16)30/h4-12H,1-3H3/b16-11+. The Morgan fingerprint density at radius 3 is 2.59 bits per heavy atom. The second-order valence-electron chi connectivity index (χ2n) is 8.67. The fraction of sp³-hybridized carbons (Fsp3) is 0.160. The maximum absolute atomic E-state index is 12.7. The van der Waals surface area contributed by atoms with Gasteiger partial charge in [0.2, 0.25) is 0 Å². The summed E-state index contributed by atoms with van der Waals surface area (Å²) in [6, 6.07) is 17.1. The van der Waals surface area contributed by atoms with Gasteiger partial charge in [-0.25, -0.2) is 0 Å². The van der Waals surface area contributed by atoms with Crippen LogP contribution >= 0.6 is 11.3 Å². The molecule has 0 saturated heterocycles. The van der Waals surface area contributed by atoms with Crippen LogP contribution < -0.4 is 0 Å². The first-order chi connectivity index (χ1) is 15.3. The zero-order valence-electron chi connectivity index (χ0n) is 17.7. The van der Waals surface area contributed by atoms with Crippen LogP contribution in [-0.4, -0.2) is 54.5 Å². The Balaban J connectivity index is 1.64. The van der Waals surface area contributed by atoms with Crippen LogP contribution in [0.2, 0.25) is 0 Å². The van der Waals surface area contributed by atoms with Crippen molar-refractivity contribution in [2.45, 2.75) is 19.3 Å². The Hall–Kier alpha value is -2.72. The average Bonchev–Trinajstić information content (AvgIpc) is 3.34. The number of fused-ring (bicyclic) bond motifs is 5. The summed E-state index contributed by atoms with van der Waals surface area (Å²) in [7, 11) is 1.64. The molecule has 1 radical (unpaired) electrons. The van der Waals surface area contributed by atoms with E-state index in [-0.39, 0.29) is 16.9 Å². The van der Waals surface area contributed by atoms with Crippen LogP contribution in [-0.2, 0) is 15.0 Å². The van der Waals surface area contributed by atoms with Crippen molar-refractivity contribution in [2.24, 2.45) is 4.99 Å². The van der Waals surface area contributed by atoms with Crippen LogP contribution in [0.25, 0.3) is 32.9 Å². The van der Waals surface area contributed by atoms with Gasteiger partial charge in [-0.1, -0.05) is 6.07 Å². The summed E-state index contributed by atoms with van der Waals surface area (Å²) in [5.74, 6) is -0.788. The zero-order chi connectivity index (χ0) is 22.4. The number of carbonyl (C=O) groups excluding carboxylic acids is 2. The number of aromatic nitrogens is 1. The molecule has 5 nitrogen and oxygen atoms in total. The Labute approximate surface area is 201 Å². The first-order valence-electron chi connectivity index (χ1n) is 10.3. The number of benzene rings is 2. The molecule has 2 amide bonds. The summed E-state index contributed by atoms with van der Waals surface area (Å²) < 4.78 is 2.77. The van der Waals surface area contributed by atoms with Gasteiger partial charge in [0.25, 0.3) is 0 Å². The third kappa shape index (κ3) is 2.53. The number of hydrogen-bond donors (Lipinski definition) is 0. The number of amides is 2. The third-order valence-electron chi connectivity index (χ3n) is 6.51. The number of carbonyl (C=O) groups is 2. The number of thiophene rings is 1. The van der Waals surface area contributed by atoms with E-state index in [0.717, 1.165) is 15.4 Å². The van der Waals surface area contributed by atoms with E-state index in [1.165, 1.54) is 32.3 Å². The molecule has 157 valence electrons. The Morgan fingerprint density at radius 1 is 1.03 bits per heavy atom. The normalized spacial score (nSPS) is 18.5. The minimum atomic E-state index is -0.476. The van der Waals surface area contributed by atoms with Gasteiger partial charge in [0.05, 0.1) is 0 Å². The first-order valence-corrected chi connectivity index (χ1v) is 12.2. The van der Waals surface area contributed by atoms with Gasteiger partial charge in [0.15, 0.2) is 0 Å². The van der Waals surface area contributed by atoms with Crippen molar-refractivity contribution in [3.05, 3.63) is 70.1 Å². The summed E-state index contributed by atoms with van der Waals surface area (Å²) >= 11 is 3.19. The predicted molar refractivity (Wildman–Crippen MR) is 130 cm³/mol. The van der Waals surface area contributed by atoms with Gasteiger partial charge in [-0.05, 0) is 0 Å². The fourth-order valence-electron chi connectivity index (χ4n) is 4.81. The van der Waals surface area contributed by atoms with Crippen LogP contribution in [0.5, 0.6) is 0 Å². The molecule has 0 unspecified atom stereocenters. The Kier molecular flexibility index (Phi) is 4.14. The second-order valence-corrected chi connectivity index (χ2v) is 10.8. The quantitative estimate of drug-likeness (QED) is 0.200. The zero-order valence-corrected chi connectivity index (χ0v) is 20.8. The fourth-order valence-corrected chi connectivity index (χ4v) is 6.57. The SMILES string of the molecule is CN1C(=O)/C(=C/c2cc3c(s2)-n2c4ccccc4c4cccc(c42)C3(C)C)C(=O)N=C1[Te]. The van der Waals surface area contributed by atoms with E-state index < -0.39 is 5.91 Å². The average molecular weight is 552 g/mol. The summed E-state index contributed by atoms with van der Waals surface area (Å²) in [6.45, 7) is 4.48. The molecule has 0 atom stereocenters. The molecule has 0 fully saturated rings. The molecule has 2 aromatic heterocycles. The molecule has 4 aromatic rings. The monoisotopic (exact) mass is 554 g/mol. The van der Waals surface area contributed by atoms with Crippen LogP contribution in [0.4, 0.5) is 0 Å². The van der Waals surface area contributed by atoms with Crippen molar-refractivity contribution >= 4 is 77.2 Å². The van der Waals surface area contributed by atoms with Gasteiger partial charge in [-0.2, -0.15) is 0 Å². The van der Waals surface area contributed by atoms with E-state index in [1.807, 2.05) is 0 Å². The first kappa shape index (κ1) is 19.9. The molecule has 4 heterocycles. The van der Waals surface area contributed by atoms with Crippen LogP contribution in [0.1, 0.15) is 29.9 Å². The van der Waals surface area contributed by atoms with E-state index in [2.05, 4.69) is 71.9 Å². The van der Waals surface area contributed by atoms with E-state index in [0.29, 0.717) is 3.88 Å². The number of nitrogens with zero attached hydrogens (tertiary/aromatic N) is 3. The topological polar surface area (TPSA) is 54.7 Å². The number of aliphatic imine (C=N–C) groups is 1. The third-order valence-corrected chi connectivity index (χ3v) is 8.62. The molecular weight excluding hydrogens is 534 g/mol. The number of amidine groups is 1. The van der Waals surface area contributed by atoms with Crippen LogP contribution in [0, 0.1) is 0 Å². The molecule has 2 aliphatic heterocycles. The molecule has 7 heteroatoms. The number of likely N-dealkylation sites (N-methyl/N-ethyl adjacent to an activating group) is 1. The molecule has 32 heavy (non-hydrogen) atoms. The van der Waals surface area contributed by atoms with E-state index in [4.69, 9.17) is 0 Å². The van der Waals surface area contributed by atoms with Crippen molar-refractivity contribution in [1.29, 1.82) is 0 Å². The predicted octanol–water partition coefficient (Wildman–Crippen LogP) is 4.39. The summed E-state index contributed by atoms with van der Waals surface area (Å²) in [6.07, 6.45) is 1.70. The summed E-state index contributed by atoms with van der Waals surface area (Å²) in [4.78, 5) is 31.6. The second kappa shape index (κ2) is 6.64. The van der Waals surface area contributed by atoms with Gasteiger partial charge >= 0.3 is 197 Å². The number of para-hydroxylation sites is 2. The minimum absolute atomic E-state index is 0.108. The Bertz CT molecular complexity index is 1570. The van der Waals surface area contributed by atoms with Crippen molar-refractivity contribution in [3.8, 4) is 5.00 Å². The molecule has 2 aromatic carbocycles. The molecule has 0 N–H and O–H groups in total. The van der Waals surface area contributed by atoms with Crippen molar-refractivity contribution in [3.63, 3.8) is 0 Å². The molecular formula is C25H18N3O2STe.